The maximum Gasteiger partial charge on any atom is 0.328 e. The summed E-state index contributed by atoms with van der Waals surface area (Å²) >= 11 is 12.2. The first kappa shape index (κ1) is 24.9. The quantitative estimate of drug-likeness (QED) is 0.518. The van der Waals surface area contributed by atoms with Gasteiger partial charge in [0.15, 0.2) is 12.1 Å². The van der Waals surface area contributed by atoms with Crippen molar-refractivity contribution in [2.24, 2.45) is 5.92 Å². The van der Waals surface area contributed by atoms with E-state index in [0.717, 1.165) is 22.8 Å². The van der Waals surface area contributed by atoms with Crippen molar-refractivity contribution in [1.82, 2.24) is 10.4 Å². The average Bonchev–Trinajstić information content (AvgIpc) is 3.23. The summed E-state index contributed by atoms with van der Waals surface area (Å²) < 4.78 is 11.1. The molecule has 1 unspecified atom stereocenters. The van der Waals surface area contributed by atoms with E-state index in [4.69, 9.17) is 32.7 Å². The van der Waals surface area contributed by atoms with E-state index in [-0.39, 0.29) is 40.5 Å². The maximum absolute atomic E-state index is 13.3. The summed E-state index contributed by atoms with van der Waals surface area (Å²) in [5.74, 6) is -1.83. The number of aliphatic carboxylic acids is 1. The van der Waals surface area contributed by atoms with E-state index in [1.165, 1.54) is 18.2 Å². The third-order valence-electron chi connectivity index (χ3n) is 5.23. The molecule has 0 saturated carbocycles. The van der Waals surface area contributed by atoms with Crippen LogP contribution >= 0.6 is 23.2 Å². The third-order valence-corrected chi connectivity index (χ3v) is 5.80. The van der Waals surface area contributed by atoms with Crippen molar-refractivity contribution in [3.05, 3.63) is 57.5 Å². The zero-order chi connectivity index (χ0) is 24.1. The molecule has 33 heavy (non-hydrogen) atoms. The van der Waals surface area contributed by atoms with Gasteiger partial charge in [0.25, 0.3) is 5.91 Å². The molecule has 2 atom stereocenters. The lowest BCUT2D eigenvalue weighted by molar-refractivity contribution is -0.145. The van der Waals surface area contributed by atoms with Gasteiger partial charge in [-0.25, -0.2) is 9.80 Å². The van der Waals surface area contributed by atoms with E-state index >= 15 is 0 Å². The Morgan fingerprint density at radius 1 is 1.27 bits per heavy atom. The number of hydrogen-bond donors (Lipinski definition) is 2. The number of carbonyl (C=O) groups excluding carboxylic acids is 2. The van der Waals surface area contributed by atoms with Gasteiger partial charge in [-0.05, 0) is 48.6 Å². The van der Waals surface area contributed by atoms with Crippen molar-refractivity contribution in [3.63, 3.8) is 0 Å². The molecule has 0 aromatic heterocycles. The van der Waals surface area contributed by atoms with Gasteiger partial charge in [0.1, 0.15) is 5.76 Å². The first-order valence-electron chi connectivity index (χ1n) is 10.7. The topological polar surface area (TPSA) is 105 Å². The Bertz CT molecular complexity index is 991. The second-order valence-corrected chi connectivity index (χ2v) is 9.16. The fourth-order valence-electron chi connectivity index (χ4n) is 3.58. The lowest BCUT2D eigenvalue weighted by atomic mass is 10.0. The van der Waals surface area contributed by atoms with Crippen LogP contribution in [-0.4, -0.2) is 46.7 Å². The molecule has 0 radical (unpaired) electrons. The van der Waals surface area contributed by atoms with Gasteiger partial charge in [-0.1, -0.05) is 37.0 Å². The van der Waals surface area contributed by atoms with Crippen LogP contribution in [-0.2, 0) is 19.1 Å². The standard InChI is InChI=1S/C23H26Cl2N2O6/c1-13(2)9-18(23(30)31)27(22(29)16-11-15(24)4-5-17(16)25)26-21(28)6-3-14-10-20-19(33-12-14)7-8-32-20/h4-5,10-13,18-19H,3,6-9H2,1-2H3,(H,26,28)(H,30,31)/t18-,19?/m1/s1. The molecule has 2 amide bonds. The number of benzene rings is 1. The number of halogens is 2. The van der Waals surface area contributed by atoms with Crippen LogP contribution in [0.2, 0.25) is 10.0 Å². The highest BCUT2D eigenvalue weighted by molar-refractivity contribution is 6.35. The van der Waals surface area contributed by atoms with Crippen LogP contribution < -0.4 is 5.43 Å². The van der Waals surface area contributed by atoms with E-state index in [9.17, 15) is 19.5 Å². The van der Waals surface area contributed by atoms with Crippen molar-refractivity contribution in [1.29, 1.82) is 0 Å². The van der Waals surface area contributed by atoms with Gasteiger partial charge in [-0.2, -0.15) is 0 Å². The number of ether oxygens (including phenoxy) is 2. The van der Waals surface area contributed by atoms with Crippen molar-refractivity contribution < 1.29 is 29.0 Å². The van der Waals surface area contributed by atoms with Crippen LogP contribution in [0.15, 0.2) is 41.9 Å². The molecule has 0 bridgehead atoms. The number of nitrogens with one attached hydrogen (secondary N) is 1. The van der Waals surface area contributed by atoms with Crippen LogP contribution in [0.4, 0.5) is 0 Å². The molecule has 1 fully saturated rings. The SMILES string of the molecule is CC(C)C[C@H](C(=O)O)N(NC(=O)CCC1=COC2CCOC2=C1)C(=O)c1cc(Cl)ccc1Cl. The fourth-order valence-corrected chi connectivity index (χ4v) is 3.95. The Labute approximate surface area is 202 Å². The molecule has 2 N–H and O–H groups in total. The maximum atomic E-state index is 13.3. The molecule has 8 nitrogen and oxygen atoms in total. The molecule has 3 rings (SSSR count). The Morgan fingerprint density at radius 3 is 2.73 bits per heavy atom. The van der Waals surface area contributed by atoms with Gasteiger partial charge in [-0.15, -0.1) is 0 Å². The molecule has 1 saturated heterocycles. The van der Waals surface area contributed by atoms with E-state index < -0.39 is 23.8 Å². The first-order valence-corrected chi connectivity index (χ1v) is 11.4. The number of hydrogen-bond acceptors (Lipinski definition) is 5. The zero-order valence-electron chi connectivity index (χ0n) is 18.3. The number of rotatable bonds is 8. The van der Waals surface area contributed by atoms with Crippen molar-refractivity contribution >= 4 is 41.0 Å². The second kappa shape index (κ2) is 10.9. The number of amides is 2. The fraction of sp³-hybridized carbons (Fsp3) is 0.435. The Kier molecular flexibility index (Phi) is 8.26. The van der Waals surface area contributed by atoms with Crippen molar-refractivity contribution in [2.75, 3.05) is 6.61 Å². The Morgan fingerprint density at radius 2 is 2.03 bits per heavy atom. The van der Waals surface area contributed by atoms with E-state index in [1.54, 1.807) is 6.26 Å². The van der Waals surface area contributed by atoms with Crippen LogP contribution in [0.25, 0.3) is 0 Å². The number of nitrogens with zero attached hydrogens (tertiary/aromatic N) is 1. The van der Waals surface area contributed by atoms with E-state index in [2.05, 4.69) is 5.43 Å². The minimum absolute atomic E-state index is 0.00276. The van der Waals surface area contributed by atoms with Gasteiger partial charge >= 0.3 is 5.97 Å². The summed E-state index contributed by atoms with van der Waals surface area (Å²) in [5.41, 5.74) is 3.24. The molecule has 1 aromatic rings. The van der Waals surface area contributed by atoms with Crippen molar-refractivity contribution in [2.45, 2.75) is 51.7 Å². The minimum Gasteiger partial charge on any atom is -0.494 e. The molecule has 178 valence electrons. The zero-order valence-corrected chi connectivity index (χ0v) is 19.9. The molecule has 10 heteroatoms. The largest absolute Gasteiger partial charge is 0.494 e. The lowest BCUT2D eigenvalue weighted by Gasteiger charge is -2.30. The van der Waals surface area contributed by atoms with Gasteiger partial charge in [0.2, 0.25) is 5.91 Å². The number of carbonyl (C=O) groups is 3. The lowest BCUT2D eigenvalue weighted by Crippen LogP contribution is -2.55. The second-order valence-electron chi connectivity index (χ2n) is 8.32. The number of fused-ring (bicyclic) bond motifs is 1. The summed E-state index contributed by atoms with van der Waals surface area (Å²) in [5, 5.41) is 11.0. The number of carboxylic acids is 1. The Balaban J connectivity index is 1.76. The highest BCUT2D eigenvalue weighted by atomic mass is 35.5. The van der Waals surface area contributed by atoms with Gasteiger partial charge < -0.3 is 14.6 Å². The molecular weight excluding hydrogens is 471 g/mol. The number of carboxylic acid groups (broad SMARTS) is 1. The molecular formula is C23H26Cl2N2O6. The highest BCUT2D eigenvalue weighted by Crippen LogP contribution is 2.28. The molecule has 0 spiro atoms. The van der Waals surface area contributed by atoms with Gasteiger partial charge in [0, 0.05) is 17.9 Å². The van der Waals surface area contributed by atoms with Crippen LogP contribution in [0, 0.1) is 5.92 Å². The van der Waals surface area contributed by atoms with E-state index in [0.29, 0.717) is 13.0 Å². The molecule has 0 aliphatic carbocycles. The van der Waals surface area contributed by atoms with Gasteiger partial charge in [0.05, 0.1) is 23.5 Å². The van der Waals surface area contributed by atoms with Crippen LogP contribution in [0.3, 0.4) is 0 Å². The molecule has 2 aliphatic rings. The summed E-state index contributed by atoms with van der Waals surface area (Å²) in [4.78, 5) is 38.0. The number of hydrazine groups is 1. The molecule has 2 heterocycles. The number of allylic oxidation sites excluding steroid dienone is 2. The molecule has 2 aliphatic heterocycles. The summed E-state index contributed by atoms with van der Waals surface area (Å²) in [6, 6.07) is 3.01. The Hall–Kier alpha value is -2.71. The van der Waals surface area contributed by atoms with E-state index in [1.807, 2.05) is 19.9 Å². The van der Waals surface area contributed by atoms with Crippen LogP contribution in [0.1, 0.15) is 49.9 Å². The summed E-state index contributed by atoms with van der Waals surface area (Å²) in [7, 11) is 0. The normalized spacial score (nSPS) is 17.8. The van der Waals surface area contributed by atoms with Crippen molar-refractivity contribution in [3.8, 4) is 0 Å². The molecule has 1 aromatic carbocycles. The predicted molar refractivity (Wildman–Crippen MR) is 122 cm³/mol. The smallest absolute Gasteiger partial charge is 0.328 e. The minimum atomic E-state index is -1.29. The summed E-state index contributed by atoms with van der Waals surface area (Å²) in [6.07, 6.45) is 4.61. The van der Waals surface area contributed by atoms with Crippen LogP contribution in [0.5, 0.6) is 0 Å². The summed E-state index contributed by atoms with van der Waals surface area (Å²) in [6.45, 7) is 4.25. The third kappa shape index (κ3) is 6.42. The average molecular weight is 497 g/mol. The highest BCUT2D eigenvalue weighted by Gasteiger charge is 2.34. The van der Waals surface area contributed by atoms with Gasteiger partial charge in [-0.3, -0.25) is 15.0 Å². The monoisotopic (exact) mass is 496 g/mol. The predicted octanol–water partition coefficient (Wildman–Crippen LogP) is 4.33. The first-order chi connectivity index (χ1) is 15.7.